The molecule has 0 unspecified atom stereocenters. The fourth-order valence-corrected chi connectivity index (χ4v) is 1.41. The predicted molar refractivity (Wildman–Crippen MR) is 88.9 cm³/mol. The molecule has 0 atom stereocenters. The molecule has 0 saturated carbocycles. The summed E-state index contributed by atoms with van der Waals surface area (Å²) >= 11 is 1.36. The molecular formula is C18H22SiZr-4. The Kier molecular flexibility index (Phi) is 20.0. The van der Waals surface area contributed by atoms with Crippen LogP contribution in [0.15, 0.2) is 60.7 Å². The van der Waals surface area contributed by atoms with Gasteiger partial charge < -0.3 is 13.8 Å². The van der Waals surface area contributed by atoms with Gasteiger partial charge >= 0.3 is 30.2 Å². The minimum absolute atomic E-state index is 1.01. The number of allylic oxidation sites excluding steroid dienone is 4. The molecule has 0 N–H and O–H groups in total. The first-order valence-electron chi connectivity index (χ1n) is 6.45. The van der Waals surface area contributed by atoms with Gasteiger partial charge in [-0.1, -0.05) is 6.07 Å². The molecule has 2 aromatic carbocycles. The van der Waals surface area contributed by atoms with Crippen molar-refractivity contribution in [3.8, 4) is 0 Å². The van der Waals surface area contributed by atoms with Crippen LogP contribution in [0.25, 0.3) is 10.8 Å². The standard InChI is InChI=1S/C9H7.C5H5.2C2H5.Si.Zr/c1-2-5-9-7-3-6-8(9)4-1;1-2-4-5-3-1;2*1-2;;/h1-7H;1-3H,4H2;2*1H2,2H3;;/q4*-1;;. The molecule has 106 valence electrons. The summed E-state index contributed by atoms with van der Waals surface area (Å²) in [6, 6.07) is 14.7. The zero-order valence-electron chi connectivity index (χ0n) is 12.4. The van der Waals surface area contributed by atoms with E-state index in [4.69, 9.17) is 0 Å². The van der Waals surface area contributed by atoms with Gasteiger partial charge in [-0.25, -0.2) is 12.2 Å². The van der Waals surface area contributed by atoms with E-state index in [2.05, 4.69) is 75.3 Å². The predicted octanol–water partition coefficient (Wildman–Crippen LogP) is 5.16. The van der Waals surface area contributed by atoms with E-state index in [1.54, 1.807) is 13.8 Å². The summed E-state index contributed by atoms with van der Waals surface area (Å²) < 4.78 is 0. The van der Waals surface area contributed by atoms with Crippen molar-refractivity contribution in [1.29, 1.82) is 0 Å². The minimum atomic E-state index is 1.01. The van der Waals surface area contributed by atoms with Crippen molar-refractivity contribution in [2.45, 2.75) is 20.3 Å². The molecule has 0 bridgehead atoms. The average Bonchev–Trinajstić information content (AvgIpc) is 3.27. The molecule has 0 heterocycles. The number of rotatable bonds is 0. The maximum atomic E-state index is 3.25. The number of hydrogen-bond acceptors (Lipinski definition) is 0. The first-order valence-corrected chi connectivity index (χ1v) is 10.6. The van der Waals surface area contributed by atoms with Crippen LogP contribution in [-0.2, 0) is 23.3 Å². The average molecular weight is 358 g/mol. The van der Waals surface area contributed by atoms with Crippen LogP contribution in [0.4, 0.5) is 0 Å². The van der Waals surface area contributed by atoms with Gasteiger partial charge in [-0.2, -0.15) is 37.4 Å². The Morgan fingerprint density at radius 3 is 2.20 bits per heavy atom. The third-order valence-corrected chi connectivity index (χ3v) is 2.13. The first-order chi connectivity index (χ1) is 9.97. The van der Waals surface area contributed by atoms with Gasteiger partial charge in [0.1, 0.15) is 0 Å². The summed E-state index contributed by atoms with van der Waals surface area (Å²) in [5.74, 6) is 0. The second kappa shape index (κ2) is 18.4. The molecule has 2 heteroatoms. The normalized spacial score (nSPS) is 9.75. The Bertz CT molecular complexity index is 429. The van der Waals surface area contributed by atoms with Crippen molar-refractivity contribution in [2.24, 2.45) is 0 Å². The van der Waals surface area contributed by atoms with Crippen molar-refractivity contribution in [3.63, 3.8) is 0 Å². The fourth-order valence-electron chi connectivity index (χ4n) is 1.41. The van der Waals surface area contributed by atoms with E-state index in [1.165, 1.54) is 34.1 Å². The summed E-state index contributed by atoms with van der Waals surface area (Å²) in [7, 11) is 0. The summed E-state index contributed by atoms with van der Waals surface area (Å²) in [5.41, 5.74) is 0. The van der Waals surface area contributed by atoms with Gasteiger partial charge in [0, 0.05) is 0 Å². The molecule has 0 spiro atoms. The van der Waals surface area contributed by atoms with Gasteiger partial charge in [0.25, 0.3) is 0 Å². The number of hydrogen-bond donors (Lipinski definition) is 0. The molecule has 1 aliphatic rings. The molecule has 0 aliphatic heterocycles. The third kappa shape index (κ3) is 10.2. The minimum Gasteiger partial charge on any atom is -0.168 e. The molecular weight excluding hydrogens is 336 g/mol. The van der Waals surface area contributed by atoms with E-state index in [0.717, 1.165) is 6.42 Å². The van der Waals surface area contributed by atoms with E-state index >= 15 is 0 Å². The SMILES string of the molecule is [C-]1=CC=CC1.[CH2-]C.[CH2-]C.[Si]=[Zr].c1ccc2[cH-]ccc2c1. The zero-order valence-corrected chi connectivity index (χ0v) is 15.9. The van der Waals surface area contributed by atoms with Crippen LogP contribution < -0.4 is 0 Å². The summed E-state index contributed by atoms with van der Waals surface area (Å²) in [5, 5.41) is 2.66. The van der Waals surface area contributed by atoms with Gasteiger partial charge in [-0.15, -0.1) is 36.1 Å². The van der Waals surface area contributed by atoms with Crippen LogP contribution >= 0.6 is 0 Å². The van der Waals surface area contributed by atoms with Crippen molar-refractivity contribution < 1.29 is 23.3 Å². The number of benzene rings is 1. The topological polar surface area (TPSA) is 0 Å². The van der Waals surface area contributed by atoms with E-state index in [9.17, 15) is 0 Å². The van der Waals surface area contributed by atoms with Crippen LogP contribution in [-0.4, -0.2) is 6.88 Å². The summed E-state index contributed by atoms with van der Waals surface area (Å²) in [6.07, 6.45) is 10.0. The maximum absolute atomic E-state index is 3.25. The Balaban J connectivity index is 0. The van der Waals surface area contributed by atoms with E-state index in [0.29, 0.717) is 0 Å². The monoisotopic (exact) mass is 356 g/mol. The molecule has 0 nitrogen and oxygen atoms in total. The van der Waals surface area contributed by atoms with E-state index < -0.39 is 0 Å². The third-order valence-electron chi connectivity index (χ3n) is 2.13. The first kappa shape index (κ1) is 21.7. The molecule has 20 heavy (non-hydrogen) atoms. The Labute approximate surface area is 141 Å². The molecule has 0 amide bonds. The van der Waals surface area contributed by atoms with Gasteiger partial charge in [0.05, 0.1) is 0 Å². The molecule has 2 aromatic rings. The fraction of sp³-hybridized carbons (Fsp3) is 0.167. The Morgan fingerprint density at radius 2 is 1.75 bits per heavy atom. The summed E-state index contributed by atoms with van der Waals surface area (Å²) in [6.45, 7) is 13.1. The van der Waals surface area contributed by atoms with Crippen molar-refractivity contribution in [2.75, 3.05) is 0 Å². The Hall–Kier alpha value is -0.590. The molecule has 3 rings (SSSR count). The van der Waals surface area contributed by atoms with Gasteiger partial charge in [-0.3, -0.25) is 6.08 Å². The molecule has 0 fully saturated rings. The van der Waals surface area contributed by atoms with Gasteiger partial charge in [0.2, 0.25) is 0 Å². The smallest absolute Gasteiger partial charge is 0.0809 e. The van der Waals surface area contributed by atoms with Crippen LogP contribution in [0, 0.1) is 19.9 Å². The zero-order chi connectivity index (χ0) is 15.6. The van der Waals surface area contributed by atoms with Crippen LogP contribution in [0.1, 0.15) is 20.3 Å². The Morgan fingerprint density at radius 1 is 1.10 bits per heavy atom. The molecule has 2 radical (unpaired) electrons. The largest absolute Gasteiger partial charge is 0.168 e. The molecule has 0 aromatic heterocycles. The van der Waals surface area contributed by atoms with Crippen LogP contribution in [0.2, 0.25) is 0 Å². The van der Waals surface area contributed by atoms with Crippen LogP contribution in [0.5, 0.6) is 0 Å². The van der Waals surface area contributed by atoms with E-state index in [1.807, 2.05) is 12.2 Å². The number of fused-ring (bicyclic) bond motifs is 1. The van der Waals surface area contributed by atoms with E-state index in [-0.39, 0.29) is 0 Å². The molecule has 1 aliphatic carbocycles. The van der Waals surface area contributed by atoms with Gasteiger partial charge in [-0.05, 0) is 0 Å². The maximum Gasteiger partial charge on any atom is -0.0809 e. The van der Waals surface area contributed by atoms with Crippen molar-refractivity contribution in [1.82, 2.24) is 0 Å². The second-order valence-corrected chi connectivity index (χ2v) is 3.16. The molecule has 0 saturated heterocycles. The second-order valence-electron chi connectivity index (χ2n) is 3.16. The van der Waals surface area contributed by atoms with Crippen LogP contribution in [0.3, 0.4) is 0 Å². The van der Waals surface area contributed by atoms with Crippen molar-refractivity contribution >= 4 is 17.7 Å². The summed E-state index contributed by atoms with van der Waals surface area (Å²) in [4.78, 5) is 0. The van der Waals surface area contributed by atoms with Crippen molar-refractivity contribution in [3.05, 3.63) is 80.6 Å². The van der Waals surface area contributed by atoms with Gasteiger partial charge in [0.15, 0.2) is 0 Å². The quantitative estimate of drug-likeness (QED) is 0.451.